The van der Waals surface area contributed by atoms with Crippen molar-refractivity contribution in [1.82, 2.24) is 5.32 Å². The number of rotatable bonds is 4. The van der Waals surface area contributed by atoms with E-state index in [-0.39, 0.29) is 36.0 Å². The molecule has 1 aromatic rings. The standard InChI is InChI=1S/C11H12N2O6/c1-12-9(11(14)15)6-4-7(13(16)17)10-8(5-6)18-2-3-19-10/h4-5,9,12H,2-3H2,1H3,(H,14,15). The van der Waals surface area contributed by atoms with Gasteiger partial charge in [0.2, 0.25) is 5.75 Å². The van der Waals surface area contributed by atoms with Crippen molar-refractivity contribution in [3.8, 4) is 11.5 Å². The first kappa shape index (κ1) is 13.1. The molecule has 1 heterocycles. The Hall–Kier alpha value is -2.35. The number of ether oxygens (including phenoxy) is 2. The minimum atomic E-state index is -1.13. The number of nitrogens with zero attached hydrogens (tertiary/aromatic N) is 1. The molecule has 0 spiro atoms. The summed E-state index contributed by atoms with van der Waals surface area (Å²) in [6, 6.07) is 1.58. The molecule has 1 aromatic carbocycles. The zero-order valence-corrected chi connectivity index (χ0v) is 10.1. The lowest BCUT2D eigenvalue weighted by Gasteiger charge is -2.20. The summed E-state index contributed by atoms with van der Waals surface area (Å²) < 4.78 is 10.5. The molecule has 0 fully saturated rings. The highest BCUT2D eigenvalue weighted by molar-refractivity contribution is 5.77. The molecular formula is C11H12N2O6. The van der Waals surface area contributed by atoms with Gasteiger partial charge < -0.3 is 19.9 Å². The maximum Gasteiger partial charge on any atom is 0.325 e. The van der Waals surface area contributed by atoms with Gasteiger partial charge >= 0.3 is 11.7 Å². The Bertz CT molecular complexity index is 530. The first-order chi connectivity index (χ1) is 9.04. The van der Waals surface area contributed by atoms with Gasteiger partial charge in [-0.05, 0) is 18.7 Å². The number of nitro benzene ring substituents is 1. The number of hydrogen-bond donors (Lipinski definition) is 2. The maximum absolute atomic E-state index is 11.1. The average molecular weight is 268 g/mol. The number of nitrogens with one attached hydrogen (secondary N) is 1. The zero-order chi connectivity index (χ0) is 14.0. The molecular weight excluding hydrogens is 256 g/mol. The number of carboxylic acids is 1. The van der Waals surface area contributed by atoms with Crippen LogP contribution in [0.3, 0.4) is 0 Å². The molecule has 1 aliphatic rings. The molecule has 2 rings (SSSR count). The molecule has 0 amide bonds. The van der Waals surface area contributed by atoms with E-state index in [9.17, 15) is 14.9 Å². The Morgan fingerprint density at radius 3 is 2.74 bits per heavy atom. The van der Waals surface area contributed by atoms with Crippen LogP contribution in [0, 0.1) is 10.1 Å². The average Bonchev–Trinajstić information content (AvgIpc) is 2.38. The third kappa shape index (κ3) is 2.43. The first-order valence-electron chi connectivity index (χ1n) is 5.52. The highest BCUT2D eigenvalue weighted by Gasteiger charge is 2.29. The van der Waals surface area contributed by atoms with Gasteiger partial charge in [-0.25, -0.2) is 0 Å². The summed E-state index contributed by atoms with van der Waals surface area (Å²) in [6.07, 6.45) is 0. The molecule has 0 saturated heterocycles. The Balaban J connectivity index is 2.55. The van der Waals surface area contributed by atoms with Crippen LogP contribution in [0.25, 0.3) is 0 Å². The summed E-state index contributed by atoms with van der Waals surface area (Å²) >= 11 is 0. The van der Waals surface area contributed by atoms with Gasteiger partial charge in [-0.1, -0.05) is 0 Å². The summed E-state index contributed by atoms with van der Waals surface area (Å²) in [5.41, 5.74) is -0.0559. The van der Waals surface area contributed by atoms with Gasteiger partial charge in [0.15, 0.2) is 5.75 Å². The molecule has 102 valence electrons. The van der Waals surface area contributed by atoms with E-state index in [1.165, 1.54) is 19.2 Å². The quantitative estimate of drug-likeness (QED) is 0.611. The second kappa shape index (κ2) is 5.11. The minimum absolute atomic E-state index is 0.0419. The van der Waals surface area contributed by atoms with Gasteiger partial charge in [0.05, 0.1) is 4.92 Å². The number of fused-ring (bicyclic) bond motifs is 1. The van der Waals surface area contributed by atoms with Crippen LogP contribution in [0.1, 0.15) is 11.6 Å². The van der Waals surface area contributed by atoms with Gasteiger partial charge in [0, 0.05) is 6.07 Å². The molecule has 19 heavy (non-hydrogen) atoms. The van der Waals surface area contributed by atoms with Crippen molar-refractivity contribution < 1.29 is 24.3 Å². The van der Waals surface area contributed by atoms with Crippen molar-refractivity contribution >= 4 is 11.7 Å². The molecule has 2 N–H and O–H groups in total. The smallest absolute Gasteiger partial charge is 0.325 e. The van der Waals surface area contributed by atoms with Crippen LogP contribution in [0.4, 0.5) is 5.69 Å². The predicted octanol–water partition coefficient (Wildman–Crippen LogP) is 0.711. The molecule has 0 bridgehead atoms. The van der Waals surface area contributed by atoms with Crippen molar-refractivity contribution in [3.05, 3.63) is 27.8 Å². The number of benzene rings is 1. The summed E-state index contributed by atoms with van der Waals surface area (Å²) in [5.74, 6) is -0.898. The molecule has 0 aliphatic carbocycles. The Morgan fingerprint density at radius 2 is 2.16 bits per heavy atom. The zero-order valence-electron chi connectivity index (χ0n) is 10.1. The van der Waals surface area contributed by atoms with E-state index < -0.39 is 16.9 Å². The minimum Gasteiger partial charge on any atom is -0.486 e. The highest BCUT2D eigenvalue weighted by Crippen LogP contribution is 2.41. The topological polar surface area (TPSA) is 111 Å². The third-order valence-corrected chi connectivity index (χ3v) is 2.71. The predicted molar refractivity (Wildman–Crippen MR) is 63.5 cm³/mol. The number of carboxylic acid groups (broad SMARTS) is 1. The monoisotopic (exact) mass is 268 g/mol. The summed E-state index contributed by atoms with van der Waals surface area (Å²) in [7, 11) is 1.46. The fraction of sp³-hybridized carbons (Fsp3) is 0.364. The van der Waals surface area contributed by atoms with Gasteiger partial charge in [0.1, 0.15) is 19.3 Å². The van der Waals surface area contributed by atoms with Crippen molar-refractivity contribution in [2.45, 2.75) is 6.04 Å². The van der Waals surface area contributed by atoms with Gasteiger partial charge in [-0.15, -0.1) is 0 Å². The number of nitro groups is 1. The lowest BCUT2D eigenvalue weighted by molar-refractivity contribution is -0.386. The molecule has 0 radical (unpaired) electrons. The summed E-state index contributed by atoms with van der Waals surface area (Å²) in [4.78, 5) is 21.5. The number of aliphatic carboxylic acids is 1. The summed E-state index contributed by atoms with van der Waals surface area (Å²) in [6.45, 7) is 0.493. The number of likely N-dealkylation sites (N-methyl/N-ethyl adjacent to an activating group) is 1. The van der Waals surface area contributed by atoms with Crippen LogP contribution in [0.15, 0.2) is 12.1 Å². The van der Waals surface area contributed by atoms with E-state index in [0.29, 0.717) is 0 Å². The van der Waals surface area contributed by atoms with Crippen molar-refractivity contribution in [2.24, 2.45) is 0 Å². The van der Waals surface area contributed by atoms with Crippen LogP contribution in [-0.4, -0.2) is 36.3 Å². The molecule has 0 saturated carbocycles. The molecule has 0 aromatic heterocycles. The van der Waals surface area contributed by atoms with Crippen LogP contribution in [0.5, 0.6) is 11.5 Å². The van der Waals surface area contributed by atoms with Crippen molar-refractivity contribution in [2.75, 3.05) is 20.3 Å². The second-order valence-corrected chi connectivity index (χ2v) is 3.88. The van der Waals surface area contributed by atoms with Crippen molar-refractivity contribution in [3.63, 3.8) is 0 Å². The normalized spacial score (nSPS) is 14.8. The SMILES string of the molecule is CNC(C(=O)O)c1cc2c(c([N+](=O)[O-])c1)OCCO2. The van der Waals surface area contributed by atoms with E-state index in [0.717, 1.165) is 0 Å². The lowest BCUT2D eigenvalue weighted by Crippen LogP contribution is -2.25. The molecule has 8 heteroatoms. The largest absolute Gasteiger partial charge is 0.486 e. The lowest BCUT2D eigenvalue weighted by atomic mass is 10.0. The second-order valence-electron chi connectivity index (χ2n) is 3.88. The number of hydrogen-bond acceptors (Lipinski definition) is 6. The highest BCUT2D eigenvalue weighted by atomic mass is 16.6. The molecule has 1 atom stereocenters. The third-order valence-electron chi connectivity index (χ3n) is 2.71. The van der Waals surface area contributed by atoms with E-state index in [1.54, 1.807) is 0 Å². The Kier molecular flexibility index (Phi) is 3.52. The Morgan fingerprint density at radius 1 is 1.47 bits per heavy atom. The van der Waals surface area contributed by atoms with Crippen LogP contribution < -0.4 is 14.8 Å². The fourth-order valence-electron chi connectivity index (χ4n) is 1.89. The van der Waals surface area contributed by atoms with E-state index in [2.05, 4.69) is 5.32 Å². The first-order valence-corrected chi connectivity index (χ1v) is 5.52. The maximum atomic E-state index is 11.1. The molecule has 1 unspecified atom stereocenters. The van der Waals surface area contributed by atoms with Crippen molar-refractivity contribution in [1.29, 1.82) is 0 Å². The fourth-order valence-corrected chi connectivity index (χ4v) is 1.89. The van der Waals surface area contributed by atoms with Crippen LogP contribution in [0.2, 0.25) is 0 Å². The van der Waals surface area contributed by atoms with Crippen LogP contribution >= 0.6 is 0 Å². The van der Waals surface area contributed by atoms with E-state index in [4.69, 9.17) is 14.6 Å². The molecule has 8 nitrogen and oxygen atoms in total. The summed E-state index contributed by atoms with van der Waals surface area (Å²) in [5, 5.41) is 22.6. The Labute approximate surface area is 108 Å². The number of carbonyl (C=O) groups is 1. The van der Waals surface area contributed by atoms with Crippen LogP contribution in [-0.2, 0) is 4.79 Å². The van der Waals surface area contributed by atoms with E-state index >= 15 is 0 Å². The van der Waals surface area contributed by atoms with Gasteiger partial charge in [-0.3, -0.25) is 14.9 Å². The van der Waals surface area contributed by atoms with Gasteiger partial charge in [0.25, 0.3) is 0 Å². The van der Waals surface area contributed by atoms with Gasteiger partial charge in [-0.2, -0.15) is 0 Å². The van der Waals surface area contributed by atoms with E-state index in [1.807, 2.05) is 0 Å². The molecule has 1 aliphatic heterocycles.